The molecule has 3 N–H and O–H groups in total. The molecule has 11 heteroatoms. The topological polar surface area (TPSA) is 126 Å². The summed E-state index contributed by atoms with van der Waals surface area (Å²) < 4.78 is 5.50. The monoisotopic (exact) mass is 511 g/mol. The number of amides is 2. The zero-order valence-electron chi connectivity index (χ0n) is 22.1. The number of hydrogen-bond donors (Lipinski definition) is 2. The first-order valence-corrected chi connectivity index (χ1v) is 12.7. The number of hydrogen-bond acceptors (Lipinski definition) is 9. The molecule has 2 amide bonds. The van der Waals surface area contributed by atoms with Gasteiger partial charge in [-0.05, 0) is 57.2 Å². The van der Waals surface area contributed by atoms with E-state index in [1.165, 1.54) is 5.56 Å². The molecule has 1 aromatic carbocycles. The zero-order valence-corrected chi connectivity index (χ0v) is 22.1. The molecular formula is C26H37N7O4. The smallest absolute Gasteiger partial charge is 0.410 e. The summed E-state index contributed by atoms with van der Waals surface area (Å²) in [6.45, 7) is 9.94. The lowest BCUT2D eigenvalue weighted by molar-refractivity contribution is -0.133. The number of primary amides is 1. The van der Waals surface area contributed by atoms with E-state index >= 15 is 0 Å². The van der Waals surface area contributed by atoms with Gasteiger partial charge in [0, 0.05) is 45.0 Å². The number of anilines is 3. The lowest BCUT2D eigenvalue weighted by Crippen LogP contribution is -2.46. The Bertz CT molecular complexity index is 1090. The van der Waals surface area contributed by atoms with Crippen molar-refractivity contribution in [1.29, 1.82) is 0 Å². The van der Waals surface area contributed by atoms with Gasteiger partial charge in [0.05, 0.1) is 13.3 Å². The van der Waals surface area contributed by atoms with Gasteiger partial charge >= 0.3 is 6.09 Å². The van der Waals surface area contributed by atoms with Crippen molar-refractivity contribution in [3.63, 3.8) is 0 Å². The molecule has 200 valence electrons. The fourth-order valence-corrected chi connectivity index (χ4v) is 4.60. The van der Waals surface area contributed by atoms with Crippen LogP contribution in [-0.4, -0.2) is 83.9 Å². The maximum Gasteiger partial charge on any atom is 0.410 e. The Morgan fingerprint density at radius 3 is 2.24 bits per heavy atom. The summed E-state index contributed by atoms with van der Waals surface area (Å²) in [6.07, 6.45) is 3.09. The molecular weight excluding hydrogens is 474 g/mol. The van der Waals surface area contributed by atoms with Crippen LogP contribution in [0.25, 0.3) is 0 Å². The van der Waals surface area contributed by atoms with Crippen LogP contribution in [0.5, 0.6) is 0 Å². The number of rotatable bonds is 6. The van der Waals surface area contributed by atoms with E-state index in [4.69, 9.17) is 15.3 Å². The van der Waals surface area contributed by atoms with Crippen LogP contribution >= 0.6 is 0 Å². The molecule has 0 unspecified atom stereocenters. The number of carbonyl (C=O) groups is 2. The SMILES string of the molecule is CON1CCN(c2cnc(C(N)=O)c(Nc3ccc(C4CCN(C(=O)OC(C)(C)C)CC4)cc3)n2)CC1. The highest BCUT2D eigenvalue weighted by Crippen LogP contribution is 2.30. The molecule has 2 fully saturated rings. The van der Waals surface area contributed by atoms with Crippen molar-refractivity contribution >= 4 is 29.3 Å². The van der Waals surface area contributed by atoms with Crippen molar-refractivity contribution in [3.05, 3.63) is 41.7 Å². The number of likely N-dealkylation sites (tertiary alicyclic amines) is 1. The number of hydroxylamine groups is 2. The third-order valence-electron chi connectivity index (χ3n) is 6.61. The predicted molar refractivity (Wildman–Crippen MR) is 141 cm³/mol. The molecule has 0 radical (unpaired) electrons. The molecule has 0 saturated carbocycles. The molecule has 0 atom stereocenters. The van der Waals surface area contributed by atoms with Crippen molar-refractivity contribution < 1.29 is 19.2 Å². The number of benzene rings is 1. The predicted octanol–water partition coefficient (Wildman–Crippen LogP) is 3.12. The lowest BCUT2D eigenvalue weighted by atomic mass is 9.89. The van der Waals surface area contributed by atoms with E-state index in [-0.39, 0.29) is 11.8 Å². The molecule has 0 spiro atoms. The van der Waals surface area contributed by atoms with Gasteiger partial charge in [0.1, 0.15) is 11.4 Å². The largest absolute Gasteiger partial charge is 0.444 e. The van der Waals surface area contributed by atoms with E-state index in [9.17, 15) is 9.59 Å². The first-order valence-electron chi connectivity index (χ1n) is 12.7. The molecule has 0 bridgehead atoms. The van der Waals surface area contributed by atoms with Crippen LogP contribution in [0.15, 0.2) is 30.5 Å². The van der Waals surface area contributed by atoms with Crippen molar-refractivity contribution in [2.45, 2.75) is 45.1 Å². The number of nitrogens with zero attached hydrogens (tertiary/aromatic N) is 5. The standard InChI is InChI=1S/C26H37N7O4/c1-26(2,3)37-25(35)32-11-9-19(10-12-32)18-5-7-20(8-6-18)29-24-22(23(27)34)28-17-21(30-24)31-13-15-33(36-4)16-14-31/h5-8,17,19H,9-16H2,1-4H3,(H2,27,34)(H,29,30). The summed E-state index contributed by atoms with van der Waals surface area (Å²) in [5, 5.41) is 5.11. The molecule has 2 aromatic rings. The lowest BCUT2D eigenvalue weighted by Gasteiger charge is -2.33. The fourth-order valence-electron chi connectivity index (χ4n) is 4.60. The third kappa shape index (κ3) is 6.86. The third-order valence-corrected chi connectivity index (χ3v) is 6.61. The minimum absolute atomic E-state index is 0.0952. The first kappa shape index (κ1) is 26.6. The second-order valence-corrected chi connectivity index (χ2v) is 10.4. The van der Waals surface area contributed by atoms with Crippen LogP contribution < -0.4 is 16.0 Å². The number of aromatic nitrogens is 2. The van der Waals surface area contributed by atoms with Crippen LogP contribution in [-0.2, 0) is 9.57 Å². The van der Waals surface area contributed by atoms with Crippen molar-refractivity contribution in [2.75, 3.05) is 56.6 Å². The van der Waals surface area contributed by atoms with E-state index in [2.05, 4.69) is 32.3 Å². The Morgan fingerprint density at radius 1 is 1.03 bits per heavy atom. The maximum atomic E-state index is 12.3. The minimum atomic E-state index is -0.640. The summed E-state index contributed by atoms with van der Waals surface area (Å²) in [6, 6.07) is 8.07. The van der Waals surface area contributed by atoms with Gasteiger partial charge in [0.25, 0.3) is 5.91 Å². The quantitative estimate of drug-likeness (QED) is 0.601. The minimum Gasteiger partial charge on any atom is -0.444 e. The number of carbonyl (C=O) groups excluding carboxylic acids is 2. The normalized spacial score (nSPS) is 17.5. The number of nitrogens with one attached hydrogen (secondary N) is 1. The van der Waals surface area contributed by atoms with E-state index in [1.54, 1.807) is 18.2 Å². The average Bonchev–Trinajstić information content (AvgIpc) is 2.88. The Balaban J connectivity index is 1.40. The van der Waals surface area contributed by atoms with Gasteiger partial charge < -0.3 is 30.4 Å². The van der Waals surface area contributed by atoms with E-state index < -0.39 is 11.5 Å². The molecule has 4 rings (SSSR count). The van der Waals surface area contributed by atoms with Crippen molar-refractivity contribution in [2.24, 2.45) is 5.73 Å². The number of piperazine rings is 1. The van der Waals surface area contributed by atoms with E-state index in [1.807, 2.05) is 38.0 Å². The summed E-state index contributed by atoms with van der Waals surface area (Å²) >= 11 is 0. The van der Waals surface area contributed by atoms with Gasteiger partial charge in [0.15, 0.2) is 11.5 Å². The summed E-state index contributed by atoms with van der Waals surface area (Å²) in [5.74, 6) is 0.733. The van der Waals surface area contributed by atoms with Gasteiger partial charge in [0.2, 0.25) is 0 Å². The van der Waals surface area contributed by atoms with E-state index in [0.717, 1.165) is 44.7 Å². The summed E-state index contributed by atoms with van der Waals surface area (Å²) in [7, 11) is 1.66. The van der Waals surface area contributed by atoms with Crippen LogP contribution in [0.2, 0.25) is 0 Å². The summed E-state index contributed by atoms with van der Waals surface area (Å²) in [4.78, 5) is 42.5. The Morgan fingerprint density at radius 2 is 1.68 bits per heavy atom. The molecule has 3 heterocycles. The first-order chi connectivity index (χ1) is 17.6. The zero-order chi connectivity index (χ0) is 26.6. The fraction of sp³-hybridized carbons (Fsp3) is 0.538. The van der Waals surface area contributed by atoms with E-state index in [0.29, 0.717) is 30.6 Å². The molecule has 2 aliphatic heterocycles. The Labute approximate surface area is 217 Å². The Hall–Kier alpha value is -3.44. The van der Waals surface area contributed by atoms with Crippen LogP contribution in [0.3, 0.4) is 0 Å². The molecule has 2 saturated heterocycles. The highest BCUT2D eigenvalue weighted by atomic mass is 16.7. The number of nitrogens with two attached hydrogens (primary N) is 1. The van der Waals surface area contributed by atoms with Gasteiger partial charge in [-0.25, -0.2) is 14.8 Å². The molecule has 37 heavy (non-hydrogen) atoms. The van der Waals surface area contributed by atoms with Crippen LogP contribution in [0, 0.1) is 0 Å². The Kier molecular flexibility index (Phi) is 8.13. The molecule has 2 aliphatic rings. The van der Waals surface area contributed by atoms with Gasteiger partial charge in [-0.3, -0.25) is 4.79 Å². The highest BCUT2D eigenvalue weighted by Gasteiger charge is 2.27. The molecule has 11 nitrogen and oxygen atoms in total. The van der Waals surface area contributed by atoms with Crippen LogP contribution in [0.4, 0.5) is 22.1 Å². The van der Waals surface area contributed by atoms with Gasteiger partial charge in [-0.1, -0.05) is 12.1 Å². The second-order valence-electron chi connectivity index (χ2n) is 10.4. The second kappa shape index (κ2) is 11.3. The summed E-state index contributed by atoms with van der Waals surface area (Å²) in [5.41, 5.74) is 7.16. The van der Waals surface area contributed by atoms with Gasteiger partial charge in [-0.15, -0.1) is 0 Å². The molecule has 0 aliphatic carbocycles. The number of piperidine rings is 1. The van der Waals surface area contributed by atoms with Gasteiger partial charge in [-0.2, -0.15) is 5.06 Å². The highest BCUT2D eigenvalue weighted by molar-refractivity contribution is 5.96. The average molecular weight is 512 g/mol. The van der Waals surface area contributed by atoms with Crippen molar-refractivity contribution in [1.82, 2.24) is 19.9 Å². The van der Waals surface area contributed by atoms with Crippen LogP contribution in [0.1, 0.15) is 55.6 Å². The number of ether oxygens (including phenoxy) is 1. The molecule has 1 aromatic heterocycles. The van der Waals surface area contributed by atoms with Crippen molar-refractivity contribution in [3.8, 4) is 0 Å². The maximum absolute atomic E-state index is 12.3.